The van der Waals surface area contributed by atoms with Crippen LogP contribution in [0.3, 0.4) is 0 Å². The van der Waals surface area contributed by atoms with Gasteiger partial charge in [-0.15, -0.1) is 0 Å². The Balaban J connectivity index is 2.29. The van der Waals surface area contributed by atoms with E-state index in [0.29, 0.717) is 11.8 Å². The van der Waals surface area contributed by atoms with Gasteiger partial charge in [0.05, 0.1) is 0 Å². The summed E-state index contributed by atoms with van der Waals surface area (Å²) in [5.41, 5.74) is 16.1. The zero-order valence-corrected chi connectivity index (χ0v) is 17.4. The van der Waals surface area contributed by atoms with Gasteiger partial charge in [0.1, 0.15) is 0 Å². The Morgan fingerprint density at radius 3 is 1.80 bits per heavy atom. The SMILES string of the molecule is CC1=CC2=C(c3c(C)c(C)c(C)c(C)c3C)C=CC2C(C(C)C)=C1C. The van der Waals surface area contributed by atoms with Gasteiger partial charge in [0.2, 0.25) is 0 Å². The number of fused-ring (bicyclic) bond motifs is 1. The van der Waals surface area contributed by atoms with Gasteiger partial charge in [-0.05, 0) is 110 Å². The van der Waals surface area contributed by atoms with Crippen molar-refractivity contribution in [1.82, 2.24) is 0 Å². The Morgan fingerprint density at radius 1 is 0.760 bits per heavy atom. The molecule has 0 N–H and O–H groups in total. The second-order valence-corrected chi connectivity index (χ2v) is 8.27. The third kappa shape index (κ3) is 2.58. The molecule has 0 aliphatic heterocycles. The average molecular weight is 333 g/mol. The topological polar surface area (TPSA) is 0 Å². The molecule has 0 saturated heterocycles. The number of benzene rings is 1. The monoisotopic (exact) mass is 332 g/mol. The maximum absolute atomic E-state index is 2.44. The minimum atomic E-state index is 0.458. The number of allylic oxidation sites excluding steroid dienone is 8. The Labute approximate surface area is 154 Å². The summed E-state index contributed by atoms with van der Waals surface area (Å²) >= 11 is 0. The zero-order valence-electron chi connectivity index (χ0n) is 17.4. The Morgan fingerprint density at radius 2 is 1.28 bits per heavy atom. The van der Waals surface area contributed by atoms with Crippen molar-refractivity contribution in [2.75, 3.05) is 0 Å². The van der Waals surface area contributed by atoms with E-state index in [1.165, 1.54) is 55.7 Å². The van der Waals surface area contributed by atoms with Crippen molar-refractivity contribution < 1.29 is 0 Å². The molecule has 1 atom stereocenters. The molecule has 0 spiro atoms. The number of hydrogen-bond donors (Lipinski definition) is 0. The first-order valence-corrected chi connectivity index (χ1v) is 9.55. The molecule has 2 aliphatic rings. The van der Waals surface area contributed by atoms with E-state index < -0.39 is 0 Å². The van der Waals surface area contributed by atoms with Crippen molar-refractivity contribution in [3.8, 4) is 0 Å². The van der Waals surface area contributed by atoms with Gasteiger partial charge in [0, 0.05) is 5.92 Å². The van der Waals surface area contributed by atoms with Crippen LogP contribution in [-0.2, 0) is 0 Å². The highest BCUT2D eigenvalue weighted by atomic mass is 14.3. The molecular formula is C25H32. The highest BCUT2D eigenvalue weighted by Gasteiger charge is 2.31. The van der Waals surface area contributed by atoms with Crippen LogP contribution in [-0.4, -0.2) is 0 Å². The minimum Gasteiger partial charge on any atom is -0.0723 e. The van der Waals surface area contributed by atoms with Crippen LogP contribution in [0.15, 0.2) is 40.5 Å². The van der Waals surface area contributed by atoms with E-state index in [-0.39, 0.29) is 0 Å². The summed E-state index contributed by atoms with van der Waals surface area (Å²) in [6.45, 7) is 20.6. The molecule has 25 heavy (non-hydrogen) atoms. The first kappa shape index (κ1) is 18.0. The molecule has 1 unspecified atom stereocenters. The van der Waals surface area contributed by atoms with Crippen LogP contribution in [0.25, 0.3) is 5.57 Å². The summed E-state index contributed by atoms with van der Waals surface area (Å²) in [7, 11) is 0. The van der Waals surface area contributed by atoms with Crippen molar-refractivity contribution in [2.24, 2.45) is 11.8 Å². The average Bonchev–Trinajstić information content (AvgIpc) is 2.95. The van der Waals surface area contributed by atoms with Crippen molar-refractivity contribution >= 4 is 5.57 Å². The molecule has 0 aromatic heterocycles. The molecule has 0 radical (unpaired) electrons. The van der Waals surface area contributed by atoms with Crippen LogP contribution in [0.2, 0.25) is 0 Å². The number of hydrogen-bond acceptors (Lipinski definition) is 0. The lowest BCUT2D eigenvalue weighted by molar-refractivity contribution is 0.672. The zero-order chi connectivity index (χ0) is 18.6. The summed E-state index contributed by atoms with van der Waals surface area (Å²) in [6, 6.07) is 0. The van der Waals surface area contributed by atoms with Crippen molar-refractivity contribution in [1.29, 1.82) is 0 Å². The van der Waals surface area contributed by atoms with E-state index in [0.717, 1.165) is 0 Å². The summed E-state index contributed by atoms with van der Waals surface area (Å²) < 4.78 is 0. The van der Waals surface area contributed by atoms with Crippen molar-refractivity contribution in [2.45, 2.75) is 62.3 Å². The summed E-state index contributed by atoms with van der Waals surface area (Å²) in [5, 5.41) is 0. The standard InChI is InChI=1S/C25H32/c1-13(2)24-15(4)14(3)12-23-21(24)10-11-22(23)25-19(8)17(6)16(5)18(7)20(25)9/h10-13,21H,1-9H3. The molecule has 1 aromatic carbocycles. The van der Waals surface area contributed by atoms with Gasteiger partial charge < -0.3 is 0 Å². The van der Waals surface area contributed by atoms with Crippen LogP contribution in [0, 0.1) is 46.5 Å². The lowest BCUT2D eigenvalue weighted by atomic mass is 9.75. The highest BCUT2D eigenvalue weighted by molar-refractivity contribution is 5.87. The fourth-order valence-electron chi connectivity index (χ4n) is 4.72. The largest absolute Gasteiger partial charge is 0.0723 e. The number of rotatable bonds is 2. The third-order valence-corrected chi connectivity index (χ3v) is 6.72. The predicted octanol–water partition coefficient (Wildman–Crippen LogP) is 7.10. The lowest BCUT2D eigenvalue weighted by Crippen LogP contribution is -2.15. The Hall–Kier alpha value is -1.82. The molecule has 132 valence electrons. The molecule has 0 heterocycles. The molecule has 0 heteroatoms. The van der Waals surface area contributed by atoms with Crippen LogP contribution >= 0.6 is 0 Å². The first-order valence-electron chi connectivity index (χ1n) is 9.55. The van der Waals surface area contributed by atoms with E-state index >= 15 is 0 Å². The Bertz CT molecular complexity index is 850. The van der Waals surface area contributed by atoms with Crippen LogP contribution in [0.4, 0.5) is 0 Å². The molecule has 3 rings (SSSR count). The first-order chi connectivity index (χ1) is 11.7. The second-order valence-electron chi connectivity index (χ2n) is 8.27. The van der Waals surface area contributed by atoms with Gasteiger partial charge in [0.25, 0.3) is 0 Å². The van der Waals surface area contributed by atoms with E-state index in [4.69, 9.17) is 0 Å². The summed E-state index contributed by atoms with van der Waals surface area (Å²) in [6.07, 6.45) is 7.24. The molecule has 0 bridgehead atoms. The minimum absolute atomic E-state index is 0.458. The van der Waals surface area contributed by atoms with E-state index in [1.807, 2.05) is 0 Å². The molecule has 0 nitrogen and oxygen atoms in total. The van der Waals surface area contributed by atoms with E-state index in [9.17, 15) is 0 Å². The van der Waals surface area contributed by atoms with Gasteiger partial charge in [-0.2, -0.15) is 0 Å². The molecule has 0 fully saturated rings. The maximum atomic E-state index is 2.44. The predicted molar refractivity (Wildman–Crippen MR) is 111 cm³/mol. The Kier molecular flexibility index (Phi) is 4.43. The lowest BCUT2D eigenvalue weighted by Gasteiger charge is -2.29. The molecule has 2 aliphatic carbocycles. The molecule has 1 aromatic rings. The van der Waals surface area contributed by atoms with E-state index in [2.05, 4.69) is 80.5 Å². The van der Waals surface area contributed by atoms with Gasteiger partial charge in [-0.1, -0.05) is 37.6 Å². The summed E-state index contributed by atoms with van der Waals surface area (Å²) in [4.78, 5) is 0. The van der Waals surface area contributed by atoms with Gasteiger partial charge in [-0.3, -0.25) is 0 Å². The quantitative estimate of drug-likeness (QED) is 0.542. The van der Waals surface area contributed by atoms with Gasteiger partial charge in [-0.25, -0.2) is 0 Å². The van der Waals surface area contributed by atoms with Crippen LogP contribution in [0.1, 0.15) is 61.1 Å². The fourth-order valence-corrected chi connectivity index (χ4v) is 4.72. The van der Waals surface area contributed by atoms with Crippen molar-refractivity contribution in [3.05, 3.63) is 73.9 Å². The third-order valence-electron chi connectivity index (χ3n) is 6.72. The van der Waals surface area contributed by atoms with Crippen molar-refractivity contribution in [3.63, 3.8) is 0 Å². The van der Waals surface area contributed by atoms with Crippen LogP contribution in [0.5, 0.6) is 0 Å². The van der Waals surface area contributed by atoms with Crippen LogP contribution < -0.4 is 0 Å². The maximum Gasteiger partial charge on any atom is 0.0246 e. The van der Waals surface area contributed by atoms with Gasteiger partial charge in [0.15, 0.2) is 0 Å². The summed E-state index contributed by atoms with van der Waals surface area (Å²) in [5.74, 6) is 1.04. The molecule has 0 amide bonds. The highest BCUT2D eigenvalue weighted by Crippen LogP contribution is 2.47. The fraction of sp³-hybridized carbons (Fsp3) is 0.440. The molecule has 0 saturated carbocycles. The smallest absolute Gasteiger partial charge is 0.0246 e. The second kappa shape index (κ2) is 6.16. The normalized spacial score (nSPS) is 19.9. The van der Waals surface area contributed by atoms with E-state index in [1.54, 1.807) is 5.57 Å². The molecular weight excluding hydrogens is 300 g/mol. The van der Waals surface area contributed by atoms with Gasteiger partial charge >= 0.3 is 0 Å².